The van der Waals surface area contributed by atoms with E-state index in [1.54, 1.807) is 12.1 Å². The Hall–Kier alpha value is -2.14. The van der Waals surface area contributed by atoms with Crippen LogP contribution in [0.3, 0.4) is 0 Å². The van der Waals surface area contributed by atoms with Crippen molar-refractivity contribution in [1.82, 2.24) is 15.4 Å². The van der Waals surface area contributed by atoms with Gasteiger partial charge in [0, 0.05) is 37.7 Å². The number of carbonyl (C=O) groups excluding carboxylic acids is 2. The first-order valence-electron chi connectivity index (χ1n) is 10.7. The van der Waals surface area contributed by atoms with Crippen LogP contribution in [0.5, 0.6) is 5.75 Å². The van der Waals surface area contributed by atoms with Crippen molar-refractivity contribution in [2.75, 3.05) is 19.6 Å². The molecule has 2 aliphatic rings. The van der Waals surface area contributed by atoms with E-state index in [0.29, 0.717) is 44.0 Å². The van der Waals surface area contributed by atoms with Crippen LogP contribution in [0.1, 0.15) is 53.4 Å². The highest BCUT2D eigenvalue weighted by Crippen LogP contribution is 2.40. The van der Waals surface area contributed by atoms with Gasteiger partial charge in [-0.2, -0.15) is 0 Å². The van der Waals surface area contributed by atoms with Crippen LogP contribution >= 0.6 is 22.6 Å². The molecule has 0 unspecified atom stereocenters. The maximum Gasteiger partial charge on any atom is 0.273 e. The number of phenolic OH excluding ortho intramolecular Hbond substituents is 1. The molecule has 2 amide bonds. The molecular weight excluding hydrogens is 511 g/mol. The molecule has 0 bridgehead atoms. The smallest absolute Gasteiger partial charge is 0.273 e. The number of likely N-dealkylation sites (tertiary alicyclic amines) is 1. The molecule has 1 saturated carbocycles. The Morgan fingerprint density at radius 2 is 2.00 bits per heavy atom. The molecule has 1 aromatic heterocycles. The third-order valence-electron chi connectivity index (χ3n) is 6.01. The predicted molar refractivity (Wildman–Crippen MR) is 123 cm³/mol. The molecule has 2 aromatic rings. The van der Waals surface area contributed by atoms with Gasteiger partial charge in [0.25, 0.3) is 5.91 Å². The number of aromatic nitrogens is 1. The summed E-state index contributed by atoms with van der Waals surface area (Å²) in [4.78, 5) is 27.3. The lowest BCUT2D eigenvalue weighted by Gasteiger charge is -2.34. The first-order valence-corrected chi connectivity index (χ1v) is 11.8. The summed E-state index contributed by atoms with van der Waals surface area (Å²) >= 11 is 2.07. The van der Waals surface area contributed by atoms with E-state index in [1.807, 2.05) is 17.0 Å². The summed E-state index contributed by atoms with van der Waals surface area (Å²) in [5.41, 5.74) is 7.21. The number of benzene rings is 1. The number of nitrogens with two attached hydrogens (primary N) is 1. The van der Waals surface area contributed by atoms with Gasteiger partial charge in [-0.05, 0) is 72.4 Å². The molecule has 0 radical (unpaired) electrons. The van der Waals surface area contributed by atoms with Crippen molar-refractivity contribution >= 4 is 34.4 Å². The van der Waals surface area contributed by atoms with Gasteiger partial charge in [-0.1, -0.05) is 11.2 Å². The summed E-state index contributed by atoms with van der Waals surface area (Å²) in [6.45, 7) is 1.43. The van der Waals surface area contributed by atoms with Gasteiger partial charge in [-0.15, -0.1) is 0 Å². The van der Waals surface area contributed by atoms with Gasteiger partial charge in [0.15, 0.2) is 5.69 Å². The standard InChI is InChI=1S/C22H27IN4O4/c23-17-10-13(1-4-19(17)28)9-15(12-24)22(30)27-7-5-16(6-8-27)25-21(29)18-11-20(31-26-18)14-2-3-14/h1,4,10-11,14-16,28H,2-3,5-9,12,24H2,(H,25,29)/t15-/m1/s1. The molecule has 1 atom stereocenters. The molecule has 4 N–H and O–H groups in total. The molecule has 1 aliphatic heterocycles. The molecule has 2 heterocycles. The third kappa shape index (κ3) is 5.38. The largest absolute Gasteiger partial charge is 0.507 e. The van der Waals surface area contributed by atoms with E-state index in [2.05, 4.69) is 33.1 Å². The van der Waals surface area contributed by atoms with Crippen LogP contribution in [0.15, 0.2) is 28.8 Å². The highest BCUT2D eigenvalue weighted by Gasteiger charge is 2.31. The van der Waals surface area contributed by atoms with Crippen molar-refractivity contribution in [3.8, 4) is 5.75 Å². The second kappa shape index (κ2) is 9.56. The second-order valence-corrected chi connectivity index (χ2v) is 9.55. The van der Waals surface area contributed by atoms with E-state index in [9.17, 15) is 14.7 Å². The van der Waals surface area contributed by atoms with Crippen LogP contribution in [0, 0.1) is 9.49 Å². The molecule has 1 aromatic carbocycles. The third-order valence-corrected chi connectivity index (χ3v) is 6.87. The highest BCUT2D eigenvalue weighted by molar-refractivity contribution is 14.1. The molecule has 2 fully saturated rings. The van der Waals surface area contributed by atoms with Gasteiger partial charge in [0.2, 0.25) is 5.91 Å². The second-order valence-electron chi connectivity index (χ2n) is 8.38. The Labute approximate surface area is 194 Å². The molecule has 0 spiro atoms. The topological polar surface area (TPSA) is 122 Å². The summed E-state index contributed by atoms with van der Waals surface area (Å²) in [6, 6.07) is 7.10. The number of phenols is 1. The lowest BCUT2D eigenvalue weighted by Crippen LogP contribution is -2.49. The molecule has 1 saturated heterocycles. The Kier molecular flexibility index (Phi) is 6.80. The zero-order valence-corrected chi connectivity index (χ0v) is 19.4. The number of rotatable bonds is 7. The fourth-order valence-electron chi connectivity index (χ4n) is 3.95. The molecule has 9 heteroatoms. The summed E-state index contributed by atoms with van der Waals surface area (Å²) in [7, 11) is 0. The average molecular weight is 538 g/mol. The van der Waals surface area contributed by atoms with Crippen LogP contribution in [-0.2, 0) is 11.2 Å². The summed E-state index contributed by atoms with van der Waals surface area (Å²) < 4.78 is 6.01. The lowest BCUT2D eigenvalue weighted by molar-refractivity contribution is -0.136. The van der Waals surface area contributed by atoms with Gasteiger partial charge in [0.1, 0.15) is 11.5 Å². The first-order chi connectivity index (χ1) is 14.9. The van der Waals surface area contributed by atoms with Crippen molar-refractivity contribution in [2.45, 2.75) is 44.1 Å². The fraction of sp³-hybridized carbons (Fsp3) is 0.500. The number of carbonyl (C=O) groups is 2. The normalized spacial score (nSPS) is 18.1. The molecule has 4 rings (SSSR count). The van der Waals surface area contributed by atoms with Crippen molar-refractivity contribution in [3.05, 3.63) is 44.9 Å². The van der Waals surface area contributed by atoms with E-state index < -0.39 is 0 Å². The lowest BCUT2D eigenvalue weighted by atomic mass is 9.96. The monoisotopic (exact) mass is 538 g/mol. The van der Waals surface area contributed by atoms with Crippen LogP contribution in [0.4, 0.5) is 0 Å². The quantitative estimate of drug-likeness (QED) is 0.466. The summed E-state index contributed by atoms with van der Waals surface area (Å²) in [5, 5.41) is 16.6. The van der Waals surface area contributed by atoms with E-state index in [0.717, 1.165) is 27.7 Å². The van der Waals surface area contributed by atoms with Crippen molar-refractivity contribution < 1.29 is 19.2 Å². The first kappa shape index (κ1) is 22.1. The number of halogens is 1. The molecular formula is C22H27IN4O4. The predicted octanol–water partition coefficient (Wildman–Crippen LogP) is 2.40. The number of hydrogen-bond acceptors (Lipinski definition) is 6. The Bertz CT molecular complexity index is 951. The minimum Gasteiger partial charge on any atom is -0.507 e. The van der Waals surface area contributed by atoms with Gasteiger partial charge in [-0.25, -0.2) is 0 Å². The maximum atomic E-state index is 13.0. The maximum absolute atomic E-state index is 13.0. The minimum absolute atomic E-state index is 0.00706. The average Bonchev–Trinajstić information content (AvgIpc) is 3.50. The van der Waals surface area contributed by atoms with Gasteiger partial charge in [0.05, 0.1) is 9.49 Å². The van der Waals surface area contributed by atoms with Gasteiger partial charge >= 0.3 is 0 Å². The van der Waals surface area contributed by atoms with E-state index >= 15 is 0 Å². The summed E-state index contributed by atoms with van der Waals surface area (Å²) in [5.74, 6) is 0.967. The van der Waals surface area contributed by atoms with Crippen molar-refractivity contribution in [2.24, 2.45) is 11.7 Å². The summed E-state index contributed by atoms with van der Waals surface area (Å²) in [6.07, 6.45) is 4.12. The van der Waals surface area contributed by atoms with Crippen molar-refractivity contribution in [3.63, 3.8) is 0 Å². The molecule has 31 heavy (non-hydrogen) atoms. The Morgan fingerprint density at radius 3 is 2.65 bits per heavy atom. The molecule has 166 valence electrons. The van der Waals surface area contributed by atoms with Gasteiger partial charge < -0.3 is 25.6 Å². The molecule has 1 aliphatic carbocycles. The fourth-order valence-corrected chi connectivity index (χ4v) is 4.53. The number of amides is 2. The number of nitrogens with one attached hydrogen (secondary N) is 1. The van der Waals surface area contributed by atoms with E-state index in [4.69, 9.17) is 10.3 Å². The Balaban J connectivity index is 1.27. The molecule has 8 nitrogen and oxygen atoms in total. The van der Waals surface area contributed by atoms with Gasteiger partial charge in [-0.3, -0.25) is 9.59 Å². The van der Waals surface area contributed by atoms with E-state index in [-0.39, 0.29) is 36.1 Å². The van der Waals surface area contributed by atoms with Crippen molar-refractivity contribution in [1.29, 1.82) is 0 Å². The number of nitrogens with zero attached hydrogens (tertiary/aromatic N) is 2. The SMILES string of the molecule is NC[C@@H](Cc1ccc(O)c(I)c1)C(=O)N1CCC(NC(=O)c2cc(C3CC3)on2)CC1. The highest BCUT2D eigenvalue weighted by atomic mass is 127. The van der Waals surface area contributed by atoms with Crippen LogP contribution < -0.4 is 11.1 Å². The number of piperidine rings is 1. The Morgan fingerprint density at radius 1 is 1.26 bits per heavy atom. The number of aromatic hydroxyl groups is 1. The zero-order valence-electron chi connectivity index (χ0n) is 17.2. The van der Waals surface area contributed by atoms with Crippen LogP contribution in [0.25, 0.3) is 0 Å². The minimum atomic E-state index is -0.303. The van der Waals surface area contributed by atoms with Crippen LogP contribution in [0.2, 0.25) is 0 Å². The number of hydrogen-bond donors (Lipinski definition) is 3. The van der Waals surface area contributed by atoms with E-state index in [1.165, 1.54) is 0 Å². The van der Waals surface area contributed by atoms with Crippen LogP contribution in [-0.4, -0.2) is 52.7 Å². The zero-order chi connectivity index (χ0) is 22.0.